The molecule has 1 unspecified atom stereocenters. The zero-order valence-electron chi connectivity index (χ0n) is 11.1. The van der Waals surface area contributed by atoms with Gasteiger partial charge in [-0.2, -0.15) is 0 Å². The number of nitrogens with zero attached hydrogens (tertiary/aromatic N) is 1. The molecular formula is C12H14ClFN4O2S. The zero-order valence-corrected chi connectivity index (χ0v) is 12.7. The van der Waals surface area contributed by atoms with Crippen LogP contribution in [0.1, 0.15) is 24.4 Å². The summed E-state index contributed by atoms with van der Waals surface area (Å²) in [6.07, 6.45) is 3.05. The van der Waals surface area contributed by atoms with E-state index < -0.39 is 26.8 Å². The normalized spacial score (nSPS) is 13.3. The number of imidazole rings is 1. The number of benzene rings is 1. The fourth-order valence-electron chi connectivity index (χ4n) is 1.83. The van der Waals surface area contributed by atoms with Crippen molar-refractivity contribution >= 4 is 21.6 Å². The fourth-order valence-corrected chi connectivity index (χ4v) is 3.49. The standard InChI is InChI=1S/C12H14ClFN4O2S/c1-7(12-16-2-3-17-12)18-21(19,20)10-5-9(13)4-8(6-15)11(10)14/h2-5,7,18H,6,15H2,1H3,(H,16,17). The highest BCUT2D eigenvalue weighted by Gasteiger charge is 2.25. The Bertz CT molecular complexity index is 734. The van der Waals surface area contributed by atoms with Crippen molar-refractivity contribution in [1.82, 2.24) is 14.7 Å². The molecule has 0 aliphatic carbocycles. The van der Waals surface area contributed by atoms with E-state index in [4.69, 9.17) is 17.3 Å². The quantitative estimate of drug-likeness (QED) is 0.775. The highest BCUT2D eigenvalue weighted by atomic mass is 35.5. The molecule has 9 heteroatoms. The molecule has 2 aromatic rings. The molecule has 4 N–H and O–H groups in total. The maximum absolute atomic E-state index is 14.2. The SMILES string of the molecule is CC(NS(=O)(=O)c1cc(Cl)cc(CN)c1F)c1ncc[nH]1. The number of hydrogen-bond acceptors (Lipinski definition) is 4. The lowest BCUT2D eigenvalue weighted by Gasteiger charge is -2.14. The monoisotopic (exact) mass is 332 g/mol. The van der Waals surface area contributed by atoms with Crippen molar-refractivity contribution in [3.63, 3.8) is 0 Å². The maximum atomic E-state index is 14.2. The van der Waals surface area contributed by atoms with Gasteiger partial charge in [0.15, 0.2) is 0 Å². The summed E-state index contributed by atoms with van der Waals surface area (Å²) in [6, 6.07) is 1.70. The molecule has 0 aliphatic heterocycles. The van der Waals surface area contributed by atoms with E-state index in [9.17, 15) is 12.8 Å². The van der Waals surface area contributed by atoms with Gasteiger partial charge in [-0.3, -0.25) is 0 Å². The lowest BCUT2D eigenvalue weighted by atomic mass is 10.2. The summed E-state index contributed by atoms with van der Waals surface area (Å²) < 4.78 is 41.1. The summed E-state index contributed by atoms with van der Waals surface area (Å²) in [7, 11) is -4.10. The zero-order chi connectivity index (χ0) is 15.6. The molecule has 2 rings (SSSR count). The van der Waals surface area contributed by atoms with Crippen LogP contribution in [-0.4, -0.2) is 18.4 Å². The minimum Gasteiger partial charge on any atom is -0.347 e. The molecule has 6 nitrogen and oxygen atoms in total. The largest absolute Gasteiger partial charge is 0.347 e. The van der Waals surface area contributed by atoms with Crippen LogP contribution in [0.5, 0.6) is 0 Å². The number of aromatic amines is 1. The number of H-pyrrole nitrogens is 1. The van der Waals surface area contributed by atoms with E-state index in [0.717, 1.165) is 6.07 Å². The van der Waals surface area contributed by atoms with E-state index in [1.165, 1.54) is 12.3 Å². The van der Waals surface area contributed by atoms with Gasteiger partial charge in [-0.15, -0.1) is 0 Å². The van der Waals surface area contributed by atoms with Gasteiger partial charge in [0.1, 0.15) is 16.5 Å². The van der Waals surface area contributed by atoms with E-state index in [-0.39, 0.29) is 17.1 Å². The number of aromatic nitrogens is 2. The van der Waals surface area contributed by atoms with Gasteiger partial charge < -0.3 is 10.7 Å². The summed E-state index contributed by atoms with van der Waals surface area (Å²) in [6.45, 7) is 1.44. The van der Waals surface area contributed by atoms with Gasteiger partial charge in [0.2, 0.25) is 10.0 Å². The van der Waals surface area contributed by atoms with E-state index in [2.05, 4.69) is 14.7 Å². The van der Waals surface area contributed by atoms with Crippen LogP contribution in [0.3, 0.4) is 0 Å². The topological polar surface area (TPSA) is 101 Å². The molecule has 0 saturated carbocycles. The summed E-state index contributed by atoms with van der Waals surface area (Å²) in [5, 5.41) is 0.0999. The second-order valence-corrected chi connectivity index (χ2v) is 6.52. The van der Waals surface area contributed by atoms with Crippen LogP contribution in [0.25, 0.3) is 0 Å². The van der Waals surface area contributed by atoms with Crippen LogP contribution >= 0.6 is 11.6 Å². The highest BCUT2D eigenvalue weighted by molar-refractivity contribution is 7.89. The summed E-state index contributed by atoms with van der Waals surface area (Å²) in [4.78, 5) is 6.19. The lowest BCUT2D eigenvalue weighted by Crippen LogP contribution is -2.28. The predicted octanol–water partition coefficient (Wildman–Crippen LogP) is 1.70. The molecule has 1 atom stereocenters. The van der Waals surface area contributed by atoms with Crippen molar-refractivity contribution < 1.29 is 12.8 Å². The van der Waals surface area contributed by atoms with Crippen molar-refractivity contribution in [2.75, 3.05) is 0 Å². The second kappa shape index (κ2) is 6.10. The Morgan fingerprint density at radius 3 is 2.81 bits per heavy atom. The maximum Gasteiger partial charge on any atom is 0.244 e. The molecular weight excluding hydrogens is 319 g/mol. The number of sulfonamides is 1. The van der Waals surface area contributed by atoms with Gasteiger partial charge in [-0.05, 0) is 19.1 Å². The molecule has 0 spiro atoms. The minimum atomic E-state index is -4.10. The molecule has 0 aliphatic rings. The molecule has 0 fully saturated rings. The Kier molecular flexibility index (Phi) is 4.62. The molecule has 0 bridgehead atoms. The van der Waals surface area contributed by atoms with Crippen molar-refractivity contribution in [3.8, 4) is 0 Å². The van der Waals surface area contributed by atoms with E-state index >= 15 is 0 Å². The average Bonchev–Trinajstić information content (AvgIpc) is 2.94. The van der Waals surface area contributed by atoms with Crippen LogP contribution < -0.4 is 10.5 Å². The van der Waals surface area contributed by atoms with E-state index in [1.54, 1.807) is 13.1 Å². The third kappa shape index (κ3) is 3.41. The summed E-state index contributed by atoms with van der Waals surface area (Å²) in [5.74, 6) is -0.485. The van der Waals surface area contributed by atoms with Crippen molar-refractivity contribution in [1.29, 1.82) is 0 Å². The lowest BCUT2D eigenvalue weighted by molar-refractivity contribution is 0.538. The van der Waals surface area contributed by atoms with E-state index in [0.29, 0.717) is 5.82 Å². The van der Waals surface area contributed by atoms with Crippen LogP contribution in [0, 0.1) is 5.82 Å². The fraction of sp³-hybridized carbons (Fsp3) is 0.250. The third-order valence-electron chi connectivity index (χ3n) is 2.85. The van der Waals surface area contributed by atoms with Gasteiger partial charge in [0.25, 0.3) is 0 Å². The second-order valence-electron chi connectivity index (χ2n) is 4.40. The predicted molar refractivity (Wildman–Crippen MR) is 76.6 cm³/mol. The van der Waals surface area contributed by atoms with Gasteiger partial charge >= 0.3 is 0 Å². The average molecular weight is 333 g/mol. The van der Waals surface area contributed by atoms with Gasteiger partial charge in [0, 0.05) is 29.5 Å². The van der Waals surface area contributed by atoms with Crippen molar-refractivity contribution in [3.05, 3.63) is 46.8 Å². The van der Waals surface area contributed by atoms with Crippen LogP contribution in [0.4, 0.5) is 4.39 Å². The Morgan fingerprint density at radius 2 is 2.24 bits per heavy atom. The van der Waals surface area contributed by atoms with Crippen LogP contribution in [0.15, 0.2) is 29.4 Å². The first kappa shape index (κ1) is 15.9. The Morgan fingerprint density at radius 1 is 1.52 bits per heavy atom. The molecule has 21 heavy (non-hydrogen) atoms. The Labute approximate surface area is 126 Å². The first-order chi connectivity index (χ1) is 9.85. The first-order valence-corrected chi connectivity index (χ1v) is 7.91. The first-order valence-electron chi connectivity index (χ1n) is 6.04. The summed E-state index contributed by atoms with van der Waals surface area (Å²) >= 11 is 5.81. The van der Waals surface area contributed by atoms with Crippen molar-refractivity contribution in [2.45, 2.75) is 24.4 Å². The molecule has 114 valence electrons. The molecule has 1 aromatic heterocycles. The van der Waals surface area contributed by atoms with Gasteiger partial charge in [-0.1, -0.05) is 11.6 Å². The molecule has 0 radical (unpaired) electrons. The highest BCUT2D eigenvalue weighted by Crippen LogP contribution is 2.24. The Balaban J connectivity index is 2.38. The number of rotatable bonds is 5. The minimum absolute atomic E-state index is 0.0357. The van der Waals surface area contributed by atoms with Crippen LogP contribution in [0.2, 0.25) is 5.02 Å². The Hall–Kier alpha value is -1.48. The molecule has 0 amide bonds. The molecule has 1 heterocycles. The number of nitrogens with two attached hydrogens (primary N) is 1. The third-order valence-corrected chi connectivity index (χ3v) is 4.61. The summed E-state index contributed by atoms with van der Waals surface area (Å²) in [5.41, 5.74) is 5.42. The molecule has 0 saturated heterocycles. The van der Waals surface area contributed by atoms with Gasteiger partial charge in [0.05, 0.1) is 6.04 Å². The number of halogens is 2. The smallest absolute Gasteiger partial charge is 0.244 e. The van der Waals surface area contributed by atoms with Gasteiger partial charge in [-0.25, -0.2) is 22.5 Å². The van der Waals surface area contributed by atoms with Crippen molar-refractivity contribution in [2.24, 2.45) is 5.73 Å². The van der Waals surface area contributed by atoms with E-state index in [1.807, 2.05) is 0 Å². The molecule has 1 aromatic carbocycles. The number of hydrogen-bond donors (Lipinski definition) is 3. The number of nitrogens with one attached hydrogen (secondary N) is 2. The van der Waals surface area contributed by atoms with Crippen LogP contribution in [-0.2, 0) is 16.6 Å².